The molecule has 0 saturated carbocycles. The van der Waals surface area contributed by atoms with E-state index in [-0.39, 0.29) is 17.1 Å². The Bertz CT molecular complexity index is 1150. The van der Waals surface area contributed by atoms with Gasteiger partial charge < -0.3 is 5.32 Å². The molecule has 0 fully saturated rings. The van der Waals surface area contributed by atoms with E-state index in [1.165, 1.54) is 28.9 Å². The summed E-state index contributed by atoms with van der Waals surface area (Å²) in [6.45, 7) is 3.78. The minimum absolute atomic E-state index is 0.00595. The fourth-order valence-electron chi connectivity index (χ4n) is 2.80. The lowest BCUT2D eigenvalue weighted by atomic mass is 10.0. The summed E-state index contributed by atoms with van der Waals surface area (Å²) in [6.07, 6.45) is 1.13. The normalized spacial score (nSPS) is 10.6. The van der Waals surface area contributed by atoms with Gasteiger partial charge in [-0.2, -0.15) is 10.4 Å². The number of nitrogens with zero attached hydrogens (tertiary/aromatic N) is 5. The first-order valence-corrected chi connectivity index (χ1v) is 9.70. The number of anilines is 1. The van der Waals surface area contributed by atoms with Crippen molar-refractivity contribution >= 4 is 22.9 Å². The van der Waals surface area contributed by atoms with Gasteiger partial charge in [-0.05, 0) is 42.7 Å². The summed E-state index contributed by atoms with van der Waals surface area (Å²) in [4.78, 5) is 24.9. The summed E-state index contributed by atoms with van der Waals surface area (Å²) in [6, 6.07) is 7.31. The van der Waals surface area contributed by atoms with Crippen LogP contribution in [0.25, 0.3) is 0 Å². The second-order valence-electron chi connectivity index (χ2n) is 6.04. The van der Waals surface area contributed by atoms with E-state index in [1.807, 2.05) is 19.9 Å². The molecular weight excluding hydrogens is 395 g/mol. The molecule has 0 unspecified atom stereocenters. The summed E-state index contributed by atoms with van der Waals surface area (Å²) < 4.78 is 14.1. The Kier molecular flexibility index (Phi) is 6.09. The summed E-state index contributed by atoms with van der Waals surface area (Å²) >= 11 is 1.01. The van der Waals surface area contributed by atoms with Crippen molar-refractivity contribution in [2.45, 2.75) is 33.2 Å². The number of carbonyl (C=O) groups excluding carboxylic acids is 1. The van der Waals surface area contributed by atoms with Gasteiger partial charge in [-0.15, -0.1) is 10.2 Å². The molecule has 148 valence electrons. The van der Waals surface area contributed by atoms with Crippen molar-refractivity contribution in [3.05, 3.63) is 67.3 Å². The zero-order chi connectivity index (χ0) is 21.0. The van der Waals surface area contributed by atoms with Gasteiger partial charge in [0.1, 0.15) is 22.5 Å². The molecule has 3 aromatic rings. The molecule has 2 aromatic heterocycles. The Balaban J connectivity index is 1.83. The Hall–Kier alpha value is -3.45. The fraction of sp³-hybridized carbons (Fsp3) is 0.263. The molecule has 3 rings (SSSR count). The molecule has 0 spiro atoms. The Morgan fingerprint density at radius 1 is 1.24 bits per heavy atom. The number of nitrogens with one attached hydrogen (secondary N) is 1. The molecule has 0 aliphatic rings. The summed E-state index contributed by atoms with van der Waals surface area (Å²) in [5.74, 6) is -0.898. The zero-order valence-corrected chi connectivity index (χ0v) is 16.6. The van der Waals surface area contributed by atoms with Crippen LogP contribution in [0.1, 0.15) is 45.5 Å². The van der Waals surface area contributed by atoms with E-state index >= 15 is 0 Å². The summed E-state index contributed by atoms with van der Waals surface area (Å²) in [5, 5.41) is 24.6. The number of rotatable bonds is 6. The average Bonchev–Trinajstić information content (AvgIpc) is 3.19. The van der Waals surface area contributed by atoms with Crippen LogP contribution in [0.4, 0.5) is 10.1 Å². The Morgan fingerprint density at radius 2 is 1.97 bits per heavy atom. The molecule has 8 nitrogen and oxygen atoms in total. The van der Waals surface area contributed by atoms with Crippen molar-refractivity contribution in [1.82, 2.24) is 20.0 Å². The third kappa shape index (κ3) is 4.35. The van der Waals surface area contributed by atoms with Gasteiger partial charge >= 0.3 is 0 Å². The highest BCUT2D eigenvalue weighted by atomic mass is 32.1. The predicted molar refractivity (Wildman–Crippen MR) is 105 cm³/mol. The van der Waals surface area contributed by atoms with Crippen molar-refractivity contribution in [3.63, 3.8) is 0 Å². The van der Waals surface area contributed by atoms with Gasteiger partial charge in [0.15, 0.2) is 0 Å². The van der Waals surface area contributed by atoms with Crippen molar-refractivity contribution < 1.29 is 9.18 Å². The first kappa shape index (κ1) is 20.3. The number of carbonyl (C=O) groups is 1. The van der Waals surface area contributed by atoms with Crippen LogP contribution in [0.2, 0.25) is 0 Å². The van der Waals surface area contributed by atoms with Crippen molar-refractivity contribution in [3.8, 4) is 6.07 Å². The third-order valence-electron chi connectivity index (χ3n) is 4.19. The van der Waals surface area contributed by atoms with Crippen molar-refractivity contribution in [1.29, 1.82) is 5.26 Å². The van der Waals surface area contributed by atoms with Crippen LogP contribution in [-0.2, 0) is 19.4 Å². The second-order valence-corrected chi connectivity index (χ2v) is 7.11. The molecular formula is C19H17FN6O2S. The quantitative estimate of drug-likeness (QED) is 0.666. The van der Waals surface area contributed by atoms with Crippen LogP contribution in [0.15, 0.2) is 29.1 Å². The van der Waals surface area contributed by atoms with E-state index < -0.39 is 17.3 Å². The van der Waals surface area contributed by atoms with E-state index in [2.05, 4.69) is 20.6 Å². The Labute approximate surface area is 169 Å². The first-order chi connectivity index (χ1) is 14.0. The van der Waals surface area contributed by atoms with Gasteiger partial charge in [-0.25, -0.2) is 9.07 Å². The maximum Gasteiger partial charge on any atom is 0.286 e. The second kappa shape index (κ2) is 8.70. The van der Waals surface area contributed by atoms with Crippen LogP contribution < -0.4 is 10.9 Å². The van der Waals surface area contributed by atoms with Gasteiger partial charge in [0.25, 0.3) is 11.5 Å². The van der Waals surface area contributed by atoms with Gasteiger partial charge in [-0.3, -0.25) is 9.59 Å². The lowest BCUT2D eigenvalue weighted by Gasteiger charge is -2.10. The minimum atomic E-state index is -0.492. The third-order valence-corrected chi connectivity index (χ3v) is 5.10. The number of hydrogen-bond acceptors (Lipinski definition) is 7. The molecule has 29 heavy (non-hydrogen) atoms. The molecule has 1 aromatic carbocycles. The van der Waals surface area contributed by atoms with E-state index in [0.717, 1.165) is 11.3 Å². The average molecular weight is 412 g/mol. The smallest absolute Gasteiger partial charge is 0.286 e. The highest BCUT2D eigenvalue weighted by Gasteiger charge is 2.18. The van der Waals surface area contributed by atoms with Crippen LogP contribution in [0.3, 0.4) is 0 Å². The number of benzene rings is 1. The summed E-state index contributed by atoms with van der Waals surface area (Å²) in [5.41, 5.74) is 1.36. The van der Waals surface area contributed by atoms with E-state index in [0.29, 0.717) is 34.8 Å². The number of hydrogen-bond donors (Lipinski definition) is 1. The first-order valence-electron chi connectivity index (χ1n) is 8.89. The number of aromatic nitrogens is 4. The molecule has 0 radical (unpaired) electrons. The number of aryl methyl sites for hydroxylation is 1. The molecule has 10 heteroatoms. The van der Waals surface area contributed by atoms with Gasteiger partial charge in [0.05, 0.1) is 12.2 Å². The standard InChI is InChI=1S/C19H17FN6O2S/c1-3-13-14(9-21)19(28)26(25-15(13)4-2)10-16-23-24-18(29-16)17(27)22-12-7-5-11(20)6-8-12/h5-8H,3-4,10H2,1-2H3,(H,22,27). The number of amides is 1. The minimum Gasteiger partial charge on any atom is -0.320 e. The highest BCUT2D eigenvalue weighted by molar-refractivity contribution is 7.13. The van der Waals surface area contributed by atoms with Crippen LogP contribution in [-0.4, -0.2) is 25.9 Å². The van der Waals surface area contributed by atoms with E-state index in [4.69, 9.17) is 0 Å². The molecule has 1 N–H and O–H groups in total. The number of nitriles is 1. The lowest BCUT2D eigenvalue weighted by molar-refractivity contribution is 0.102. The highest BCUT2D eigenvalue weighted by Crippen LogP contribution is 2.15. The maximum absolute atomic E-state index is 13.0. The van der Waals surface area contributed by atoms with Crippen LogP contribution in [0.5, 0.6) is 0 Å². The summed E-state index contributed by atoms with van der Waals surface area (Å²) in [7, 11) is 0. The molecule has 0 bridgehead atoms. The fourth-order valence-corrected chi connectivity index (χ4v) is 3.51. The molecule has 1 amide bonds. The van der Waals surface area contributed by atoms with Crippen molar-refractivity contribution in [2.75, 3.05) is 5.32 Å². The number of halogens is 1. The maximum atomic E-state index is 13.0. The van der Waals surface area contributed by atoms with Crippen molar-refractivity contribution in [2.24, 2.45) is 0 Å². The molecule has 0 aliphatic heterocycles. The Morgan fingerprint density at radius 3 is 2.59 bits per heavy atom. The lowest BCUT2D eigenvalue weighted by Crippen LogP contribution is -2.29. The van der Waals surface area contributed by atoms with Crippen LogP contribution >= 0.6 is 11.3 Å². The van der Waals surface area contributed by atoms with Gasteiger partial charge in [-0.1, -0.05) is 25.2 Å². The molecule has 0 atom stereocenters. The van der Waals surface area contributed by atoms with E-state index in [1.54, 1.807) is 0 Å². The van der Waals surface area contributed by atoms with E-state index in [9.17, 15) is 19.2 Å². The largest absolute Gasteiger partial charge is 0.320 e. The predicted octanol–water partition coefficient (Wildman–Crippen LogP) is 2.53. The monoisotopic (exact) mass is 412 g/mol. The molecule has 0 aliphatic carbocycles. The molecule has 2 heterocycles. The van der Waals surface area contributed by atoms with Gasteiger partial charge in [0, 0.05) is 5.69 Å². The SMILES string of the molecule is CCc1nn(Cc2nnc(C(=O)Nc3ccc(F)cc3)s2)c(=O)c(C#N)c1CC. The zero-order valence-electron chi connectivity index (χ0n) is 15.8. The van der Waals surface area contributed by atoms with Crippen LogP contribution in [0, 0.1) is 17.1 Å². The molecule has 0 saturated heterocycles. The topological polar surface area (TPSA) is 114 Å². The van der Waals surface area contributed by atoms with Gasteiger partial charge in [0.2, 0.25) is 5.01 Å².